The molecule has 0 N–H and O–H groups in total. The molecule has 134 valence electrons. The molecule has 1 atom stereocenters. The minimum Gasteiger partial charge on any atom is -0.750 e. The molecule has 0 heterocycles. The third-order valence-corrected chi connectivity index (χ3v) is 5.11. The fourth-order valence-electron chi connectivity index (χ4n) is 3.60. The van der Waals surface area contributed by atoms with Crippen LogP contribution in [0.25, 0.3) is 10.8 Å². The van der Waals surface area contributed by atoms with Gasteiger partial charge in [0.25, 0.3) is 0 Å². The summed E-state index contributed by atoms with van der Waals surface area (Å²) >= 11 is -2.73. The van der Waals surface area contributed by atoms with Gasteiger partial charge < -0.3 is 4.55 Å². The van der Waals surface area contributed by atoms with E-state index in [1.54, 1.807) is 0 Å². The van der Waals surface area contributed by atoms with Crippen LogP contribution in [-0.2, 0) is 21.1 Å². The highest BCUT2D eigenvalue weighted by Crippen LogP contribution is 2.43. The standard InChI is InChI=1S/C23H18O3S/c24-27(25)26-23(19-12-3-1-4-13-19,20-14-5-2-6-15-20)22-17-9-11-18-10-7-8-16-21(18)22/h1-17H,(H,24,25)/p-1. The average Bonchev–Trinajstić information content (AvgIpc) is 2.73. The lowest BCUT2D eigenvalue weighted by molar-refractivity contribution is 0.158. The molecule has 0 radical (unpaired) electrons. The summed E-state index contributed by atoms with van der Waals surface area (Å²) < 4.78 is 29.4. The molecule has 0 aliphatic carbocycles. The Labute approximate surface area is 160 Å². The highest BCUT2D eigenvalue weighted by atomic mass is 32.2. The van der Waals surface area contributed by atoms with Gasteiger partial charge in [0.05, 0.1) is 11.4 Å². The summed E-state index contributed by atoms with van der Waals surface area (Å²) in [6.45, 7) is 0. The van der Waals surface area contributed by atoms with E-state index >= 15 is 0 Å². The molecule has 27 heavy (non-hydrogen) atoms. The molecule has 0 fully saturated rings. The van der Waals surface area contributed by atoms with E-state index in [-0.39, 0.29) is 0 Å². The average molecular weight is 373 g/mol. The summed E-state index contributed by atoms with van der Waals surface area (Å²) in [4.78, 5) is 0. The Morgan fingerprint density at radius 2 is 1.19 bits per heavy atom. The molecule has 4 heteroatoms. The maximum atomic E-state index is 11.8. The Morgan fingerprint density at radius 3 is 1.78 bits per heavy atom. The Bertz CT molecular complexity index is 1030. The Morgan fingerprint density at radius 1 is 0.667 bits per heavy atom. The fraction of sp³-hybridized carbons (Fsp3) is 0.0435. The zero-order chi connectivity index (χ0) is 18.7. The van der Waals surface area contributed by atoms with Crippen molar-refractivity contribution in [1.29, 1.82) is 0 Å². The van der Waals surface area contributed by atoms with E-state index in [9.17, 15) is 8.76 Å². The van der Waals surface area contributed by atoms with E-state index in [1.165, 1.54) is 0 Å². The lowest BCUT2D eigenvalue weighted by Gasteiger charge is -2.36. The number of hydrogen-bond donors (Lipinski definition) is 0. The van der Waals surface area contributed by atoms with Crippen molar-refractivity contribution in [3.05, 3.63) is 120 Å². The van der Waals surface area contributed by atoms with Crippen LogP contribution >= 0.6 is 0 Å². The smallest absolute Gasteiger partial charge is 0.160 e. The van der Waals surface area contributed by atoms with Crippen LogP contribution in [0.5, 0.6) is 0 Å². The van der Waals surface area contributed by atoms with Gasteiger partial charge in [-0.2, -0.15) is 0 Å². The van der Waals surface area contributed by atoms with E-state index < -0.39 is 17.0 Å². The van der Waals surface area contributed by atoms with E-state index in [0.29, 0.717) is 0 Å². The van der Waals surface area contributed by atoms with Crippen LogP contribution in [-0.4, -0.2) is 8.76 Å². The van der Waals surface area contributed by atoms with Crippen LogP contribution in [0.1, 0.15) is 16.7 Å². The lowest BCUT2D eigenvalue weighted by atomic mass is 9.78. The first-order valence-electron chi connectivity index (χ1n) is 8.60. The predicted molar refractivity (Wildman–Crippen MR) is 107 cm³/mol. The molecule has 0 aliphatic rings. The molecular formula is C23H17O3S-. The summed E-state index contributed by atoms with van der Waals surface area (Å²) in [5, 5.41) is 1.96. The monoisotopic (exact) mass is 373 g/mol. The summed E-state index contributed by atoms with van der Waals surface area (Å²) in [7, 11) is 0. The summed E-state index contributed by atoms with van der Waals surface area (Å²) in [6, 6.07) is 32.7. The van der Waals surface area contributed by atoms with E-state index in [1.807, 2.05) is 103 Å². The van der Waals surface area contributed by atoms with Gasteiger partial charge in [-0.3, -0.25) is 4.18 Å². The second kappa shape index (κ2) is 7.45. The largest absolute Gasteiger partial charge is 0.750 e. The first-order chi connectivity index (χ1) is 13.2. The van der Waals surface area contributed by atoms with E-state index in [0.717, 1.165) is 27.5 Å². The van der Waals surface area contributed by atoms with Gasteiger partial charge in [0.1, 0.15) is 0 Å². The van der Waals surface area contributed by atoms with Crippen molar-refractivity contribution in [2.24, 2.45) is 0 Å². The topological polar surface area (TPSA) is 49.4 Å². The maximum Gasteiger partial charge on any atom is 0.160 e. The van der Waals surface area contributed by atoms with Crippen LogP contribution in [0.15, 0.2) is 103 Å². The minimum absolute atomic E-state index is 0.747. The van der Waals surface area contributed by atoms with Crippen LogP contribution in [0, 0.1) is 0 Å². The molecule has 4 aromatic carbocycles. The van der Waals surface area contributed by atoms with Gasteiger partial charge in [-0.05, 0) is 21.9 Å². The zero-order valence-electron chi connectivity index (χ0n) is 14.4. The second-order valence-corrected chi connectivity index (χ2v) is 6.80. The van der Waals surface area contributed by atoms with Crippen LogP contribution in [0.2, 0.25) is 0 Å². The van der Waals surface area contributed by atoms with Crippen molar-refractivity contribution in [3.63, 3.8) is 0 Å². The molecule has 4 aromatic rings. The summed E-state index contributed by atoms with van der Waals surface area (Å²) in [5.41, 5.74) is 0.992. The van der Waals surface area contributed by atoms with E-state index in [4.69, 9.17) is 4.18 Å². The molecule has 0 saturated heterocycles. The van der Waals surface area contributed by atoms with Gasteiger partial charge in [0, 0.05) is 5.56 Å². The number of hydrogen-bond acceptors (Lipinski definition) is 3. The molecule has 0 amide bonds. The Hall–Kier alpha value is -2.79. The van der Waals surface area contributed by atoms with Crippen LogP contribution < -0.4 is 0 Å². The molecule has 1 unspecified atom stereocenters. The molecule has 3 nitrogen and oxygen atoms in total. The van der Waals surface area contributed by atoms with Crippen molar-refractivity contribution in [1.82, 2.24) is 0 Å². The van der Waals surface area contributed by atoms with Crippen molar-refractivity contribution < 1.29 is 12.9 Å². The first-order valence-corrected chi connectivity index (χ1v) is 9.60. The normalized spacial score (nSPS) is 12.8. The molecular weight excluding hydrogens is 356 g/mol. The third-order valence-electron chi connectivity index (χ3n) is 4.72. The SMILES string of the molecule is O=S([O-])OC(c1ccccc1)(c1ccccc1)c1cccc2ccccc12. The summed E-state index contributed by atoms with van der Waals surface area (Å²) in [6.07, 6.45) is 0. The van der Waals surface area contributed by atoms with Crippen molar-refractivity contribution in [3.8, 4) is 0 Å². The molecule has 4 rings (SSSR count). The summed E-state index contributed by atoms with van der Waals surface area (Å²) in [5.74, 6) is 0. The van der Waals surface area contributed by atoms with Gasteiger partial charge in [-0.15, -0.1) is 0 Å². The third kappa shape index (κ3) is 3.19. The Balaban J connectivity index is 2.13. The Kier molecular flexibility index (Phi) is 4.86. The quantitative estimate of drug-likeness (QED) is 0.368. The zero-order valence-corrected chi connectivity index (χ0v) is 15.3. The van der Waals surface area contributed by atoms with Crippen LogP contribution in [0.3, 0.4) is 0 Å². The van der Waals surface area contributed by atoms with Gasteiger partial charge in [0.15, 0.2) is 5.60 Å². The van der Waals surface area contributed by atoms with Crippen molar-refractivity contribution in [2.45, 2.75) is 5.60 Å². The van der Waals surface area contributed by atoms with Gasteiger partial charge in [-0.1, -0.05) is 103 Å². The second-order valence-electron chi connectivity index (χ2n) is 6.23. The highest BCUT2D eigenvalue weighted by Gasteiger charge is 2.39. The molecule has 0 spiro atoms. The molecule has 0 saturated carbocycles. The molecule has 0 aliphatic heterocycles. The predicted octanol–water partition coefficient (Wildman–Crippen LogP) is 4.94. The van der Waals surface area contributed by atoms with Gasteiger partial charge >= 0.3 is 0 Å². The van der Waals surface area contributed by atoms with Crippen LogP contribution in [0.4, 0.5) is 0 Å². The number of rotatable bonds is 5. The number of fused-ring (bicyclic) bond motifs is 1. The first kappa shape index (κ1) is 17.6. The maximum absolute atomic E-state index is 11.8. The van der Waals surface area contributed by atoms with Crippen molar-refractivity contribution >= 4 is 22.1 Å². The minimum atomic E-state index is -2.73. The van der Waals surface area contributed by atoms with E-state index in [2.05, 4.69) is 0 Å². The van der Waals surface area contributed by atoms with Gasteiger partial charge in [-0.25, -0.2) is 4.21 Å². The fourth-order valence-corrected chi connectivity index (χ4v) is 4.09. The highest BCUT2D eigenvalue weighted by molar-refractivity contribution is 7.74. The number of benzene rings is 4. The lowest BCUT2D eigenvalue weighted by Crippen LogP contribution is -2.33. The van der Waals surface area contributed by atoms with Gasteiger partial charge in [0.2, 0.25) is 0 Å². The molecule has 0 bridgehead atoms. The van der Waals surface area contributed by atoms with Crippen molar-refractivity contribution in [2.75, 3.05) is 0 Å². The molecule has 0 aromatic heterocycles.